The van der Waals surface area contributed by atoms with Gasteiger partial charge in [-0.2, -0.15) is 5.10 Å². The van der Waals surface area contributed by atoms with Crippen LogP contribution < -0.4 is 10.9 Å². The summed E-state index contributed by atoms with van der Waals surface area (Å²) in [4.78, 5) is 34.1. The summed E-state index contributed by atoms with van der Waals surface area (Å²) in [6.07, 6.45) is 0. The van der Waals surface area contributed by atoms with Crippen molar-refractivity contribution in [3.05, 3.63) is 62.6 Å². The second-order valence-corrected chi connectivity index (χ2v) is 4.82. The molecule has 8 nitrogen and oxygen atoms in total. The highest BCUT2D eigenvalue weighted by atomic mass is 16.6. The summed E-state index contributed by atoms with van der Waals surface area (Å²) in [6.45, 7) is 3.52. The monoisotopic (exact) mass is 302 g/mol. The largest absolute Gasteiger partial charge is 0.315 e. The van der Waals surface area contributed by atoms with Crippen molar-refractivity contribution in [1.82, 2.24) is 9.78 Å². The number of hydrogen-bond donors (Lipinski definition) is 1. The van der Waals surface area contributed by atoms with Crippen molar-refractivity contribution in [3.63, 3.8) is 0 Å². The van der Waals surface area contributed by atoms with Crippen LogP contribution in [0.25, 0.3) is 0 Å². The fourth-order valence-corrected chi connectivity index (χ4v) is 1.84. The number of para-hydroxylation sites is 2. The van der Waals surface area contributed by atoms with Crippen LogP contribution in [0.15, 0.2) is 41.2 Å². The zero-order valence-electron chi connectivity index (χ0n) is 12.0. The Morgan fingerprint density at radius 1 is 1.27 bits per heavy atom. The van der Waals surface area contributed by atoms with Gasteiger partial charge in [0.25, 0.3) is 17.2 Å². The average molecular weight is 302 g/mol. The topological polar surface area (TPSA) is 107 Å². The normalized spacial score (nSPS) is 10.5. The Labute approximate surface area is 125 Å². The molecular weight excluding hydrogens is 288 g/mol. The fourth-order valence-electron chi connectivity index (χ4n) is 1.84. The minimum Gasteiger partial charge on any atom is -0.315 e. The quantitative estimate of drug-likeness (QED) is 0.686. The van der Waals surface area contributed by atoms with Crippen molar-refractivity contribution < 1.29 is 9.72 Å². The number of anilines is 1. The summed E-state index contributed by atoms with van der Waals surface area (Å²) in [5, 5.41) is 17.3. The Kier molecular flexibility index (Phi) is 4.31. The summed E-state index contributed by atoms with van der Waals surface area (Å²) >= 11 is 0. The van der Waals surface area contributed by atoms with E-state index in [9.17, 15) is 19.7 Å². The molecule has 2 aromatic rings. The highest BCUT2D eigenvalue weighted by Crippen LogP contribution is 2.23. The van der Waals surface area contributed by atoms with Crippen LogP contribution in [-0.2, 0) is 0 Å². The van der Waals surface area contributed by atoms with Gasteiger partial charge < -0.3 is 5.32 Å². The smallest absolute Gasteiger partial charge is 0.292 e. The van der Waals surface area contributed by atoms with Crippen LogP contribution in [0.4, 0.5) is 11.4 Å². The van der Waals surface area contributed by atoms with Crippen LogP contribution in [-0.4, -0.2) is 20.6 Å². The highest BCUT2D eigenvalue weighted by molar-refractivity contribution is 6.03. The maximum atomic E-state index is 12.2. The lowest BCUT2D eigenvalue weighted by molar-refractivity contribution is -0.383. The summed E-state index contributed by atoms with van der Waals surface area (Å²) in [5.41, 5.74) is -0.460. The van der Waals surface area contributed by atoms with Crippen LogP contribution in [0.2, 0.25) is 0 Å². The molecule has 114 valence electrons. The molecule has 0 atom stereocenters. The lowest BCUT2D eigenvalue weighted by atomic mass is 10.2. The number of carbonyl (C=O) groups is 1. The van der Waals surface area contributed by atoms with Crippen molar-refractivity contribution in [1.29, 1.82) is 0 Å². The SMILES string of the molecule is CC(C)n1nc(C(=O)Nc2ccccc2[N+](=O)[O-])ccc1=O. The molecule has 0 saturated heterocycles. The predicted molar refractivity (Wildman–Crippen MR) is 79.9 cm³/mol. The van der Waals surface area contributed by atoms with Gasteiger partial charge in [0, 0.05) is 12.1 Å². The summed E-state index contributed by atoms with van der Waals surface area (Å²) < 4.78 is 1.17. The molecule has 0 aliphatic rings. The molecule has 0 saturated carbocycles. The number of benzene rings is 1. The Hall–Kier alpha value is -3.03. The maximum Gasteiger partial charge on any atom is 0.292 e. The minimum absolute atomic E-state index is 0.00597. The van der Waals surface area contributed by atoms with Gasteiger partial charge in [-0.05, 0) is 26.0 Å². The van der Waals surface area contributed by atoms with E-state index in [1.165, 1.54) is 35.0 Å². The zero-order valence-corrected chi connectivity index (χ0v) is 12.0. The maximum absolute atomic E-state index is 12.2. The molecule has 1 heterocycles. The third-order valence-electron chi connectivity index (χ3n) is 2.90. The molecule has 0 radical (unpaired) electrons. The van der Waals surface area contributed by atoms with Crippen LogP contribution in [0, 0.1) is 10.1 Å². The first-order valence-electron chi connectivity index (χ1n) is 6.55. The van der Waals surface area contributed by atoms with Crippen LogP contribution in [0.3, 0.4) is 0 Å². The number of carbonyl (C=O) groups excluding carboxylic acids is 1. The lowest BCUT2D eigenvalue weighted by Gasteiger charge is -2.10. The molecule has 1 aromatic carbocycles. The highest BCUT2D eigenvalue weighted by Gasteiger charge is 2.17. The molecule has 0 spiro atoms. The number of aromatic nitrogens is 2. The van der Waals surface area contributed by atoms with E-state index >= 15 is 0 Å². The van der Waals surface area contributed by atoms with Crippen molar-refractivity contribution >= 4 is 17.3 Å². The summed E-state index contributed by atoms with van der Waals surface area (Å²) in [5.74, 6) is -0.622. The number of nitrogens with one attached hydrogen (secondary N) is 1. The predicted octanol–water partition coefficient (Wildman–Crippen LogP) is 1.98. The van der Waals surface area contributed by atoms with Gasteiger partial charge in [0.1, 0.15) is 11.4 Å². The lowest BCUT2D eigenvalue weighted by Crippen LogP contribution is -2.27. The molecule has 1 N–H and O–H groups in total. The zero-order chi connectivity index (χ0) is 16.3. The van der Waals surface area contributed by atoms with E-state index in [1.807, 2.05) is 0 Å². The first-order valence-corrected chi connectivity index (χ1v) is 6.55. The summed E-state index contributed by atoms with van der Waals surface area (Å²) in [6, 6.07) is 8.11. The standard InChI is InChI=1S/C14H14N4O4/c1-9(2)17-13(19)8-7-11(16-17)14(20)15-10-5-3-4-6-12(10)18(21)22/h3-9H,1-2H3,(H,15,20). The Bertz CT molecular complexity index is 782. The van der Waals surface area contributed by atoms with Gasteiger partial charge in [0.05, 0.1) is 11.0 Å². The molecule has 22 heavy (non-hydrogen) atoms. The van der Waals surface area contributed by atoms with E-state index in [2.05, 4.69) is 10.4 Å². The van der Waals surface area contributed by atoms with E-state index in [0.29, 0.717) is 0 Å². The van der Waals surface area contributed by atoms with Gasteiger partial charge in [0.15, 0.2) is 0 Å². The Morgan fingerprint density at radius 3 is 2.59 bits per heavy atom. The third-order valence-corrected chi connectivity index (χ3v) is 2.90. The van der Waals surface area contributed by atoms with Gasteiger partial charge in [-0.25, -0.2) is 4.68 Å². The molecule has 0 aliphatic heterocycles. The average Bonchev–Trinajstić information content (AvgIpc) is 2.47. The van der Waals surface area contributed by atoms with Gasteiger partial charge >= 0.3 is 0 Å². The molecule has 2 rings (SSSR count). The van der Waals surface area contributed by atoms with Crippen molar-refractivity contribution in [2.75, 3.05) is 5.32 Å². The Morgan fingerprint density at radius 2 is 1.95 bits per heavy atom. The van der Waals surface area contributed by atoms with Crippen LogP contribution in [0.5, 0.6) is 0 Å². The molecule has 8 heteroatoms. The number of amides is 1. The van der Waals surface area contributed by atoms with E-state index in [4.69, 9.17) is 0 Å². The second kappa shape index (κ2) is 6.17. The van der Waals surface area contributed by atoms with Gasteiger partial charge in [0.2, 0.25) is 0 Å². The minimum atomic E-state index is -0.622. The molecule has 0 bridgehead atoms. The van der Waals surface area contributed by atoms with E-state index in [1.54, 1.807) is 19.9 Å². The molecule has 1 amide bonds. The van der Waals surface area contributed by atoms with E-state index in [-0.39, 0.29) is 28.7 Å². The number of nitro benzene ring substituents is 1. The van der Waals surface area contributed by atoms with Crippen molar-refractivity contribution in [2.45, 2.75) is 19.9 Å². The summed E-state index contributed by atoms with van der Waals surface area (Å²) in [7, 11) is 0. The molecule has 0 unspecified atom stereocenters. The van der Waals surface area contributed by atoms with Gasteiger partial charge in [-0.15, -0.1) is 0 Å². The molecule has 1 aromatic heterocycles. The number of rotatable bonds is 4. The van der Waals surface area contributed by atoms with Gasteiger partial charge in [-0.3, -0.25) is 19.7 Å². The molecule has 0 fully saturated rings. The van der Waals surface area contributed by atoms with E-state index in [0.717, 1.165) is 0 Å². The van der Waals surface area contributed by atoms with E-state index < -0.39 is 10.8 Å². The van der Waals surface area contributed by atoms with Crippen molar-refractivity contribution in [3.8, 4) is 0 Å². The first-order chi connectivity index (χ1) is 10.4. The third kappa shape index (κ3) is 3.17. The molecular formula is C14H14N4O4. The van der Waals surface area contributed by atoms with Crippen molar-refractivity contribution in [2.24, 2.45) is 0 Å². The first kappa shape index (κ1) is 15.4. The molecule has 0 aliphatic carbocycles. The number of nitrogens with zero attached hydrogens (tertiary/aromatic N) is 3. The van der Waals surface area contributed by atoms with Crippen LogP contribution in [0.1, 0.15) is 30.4 Å². The second-order valence-electron chi connectivity index (χ2n) is 4.82. The van der Waals surface area contributed by atoms with Gasteiger partial charge in [-0.1, -0.05) is 12.1 Å². The van der Waals surface area contributed by atoms with Crippen LogP contribution >= 0.6 is 0 Å². The Balaban J connectivity index is 2.33. The number of nitro groups is 1. The number of hydrogen-bond acceptors (Lipinski definition) is 5. The fraction of sp³-hybridized carbons (Fsp3) is 0.214.